The summed E-state index contributed by atoms with van der Waals surface area (Å²) < 4.78 is 44.7. The first kappa shape index (κ1) is 22.7. The molecule has 10 heteroatoms. The summed E-state index contributed by atoms with van der Waals surface area (Å²) in [4.78, 5) is 25.8. The van der Waals surface area contributed by atoms with E-state index in [9.17, 15) is 22.8 Å². The molecule has 3 rings (SSSR count). The number of furan rings is 1. The first-order valence-electron chi connectivity index (χ1n) is 8.83. The highest BCUT2D eigenvalue weighted by atomic mass is 35.5. The Labute approximate surface area is 185 Å². The van der Waals surface area contributed by atoms with E-state index in [0.29, 0.717) is 16.3 Å². The van der Waals surface area contributed by atoms with Crippen molar-refractivity contribution in [2.24, 2.45) is 0 Å². The van der Waals surface area contributed by atoms with Crippen molar-refractivity contribution in [3.8, 4) is 11.3 Å². The van der Waals surface area contributed by atoms with Gasteiger partial charge in [-0.15, -0.1) is 0 Å². The standard InChI is InChI=1S/C21H15Cl2F3N2O3/c1-28(11-18(29)27-15-8-3-2-6-13(15)21(24,25)26)20(30)17-10-9-16(31-17)12-5-4-7-14(22)19(12)23/h2-10H,11H2,1H3,(H,27,29). The van der Waals surface area contributed by atoms with Gasteiger partial charge in [-0.2, -0.15) is 13.2 Å². The predicted molar refractivity (Wildman–Crippen MR) is 111 cm³/mol. The van der Waals surface area contributed by atoms with E-state index >= 15 is 0 Å². The molecule has 2 aromatic carbocycles. The lowest BCUT2D eigenvalue weighted by atomic mass is 10.1. The van der Waals surface area contributed by atoms with Crippen molar-refractivity contribution in [1.82, 2.24) is 4.90 Å². The van der Waals surface area contributed by atoms with E-state index in [0.717, 1.165) is 17.0 Å². The molecule has 1 heterocycles. The Morgan fingerprint density at radius 3 is 2.45 bits per heavy atom. The van der Waals surface area contributed by atoms with Crippen LogP contribution in [0.1, 0.15) is 16.1 Å². The number of amides is 2. The zero-order valence-electron chi connectivity index (χ0n) is 16.0. The lowest BCUT2D eigenvalue weighted by Crippen LogP contribution is -2.35. The van der Waals surface area contributed by atoms with Gasteiger partial charge < -0.3 is 14.6 Å². The molecule has 2 amide bonds. The third-order valence-electron chi connectivity index (χ3n) is 4.27. The van der Waals surface area contributed by atoms with Crippen LogP contribution in [0.4, 0.5) is 18.9 Å². The molecule has 0 unspecified atom stereocenters. The van der Waals surface area contributed by atoms with Crippen LogP contribution in [0, 0.1) is 0 Å². The minimum absolute atomic E-state index is 0.0722. The molecule has 1 aromatic heterocycles. The van der Waals surface area contributed by atoms with Crippen molar-refractivity contribution in [3.05, 3.63) is 76.0 Å². The summed E-state index contributed by atoms with van der Waals surface area (Å²) in [5, 5.41) is 2.76. The molecule has 0 atom stereocenters. The summed E-state index contributed by atoms with van der Waals surface area (Å²) in [6.07, 6.45) is -4.63. The first-order chi connectivity index (χ1) is 14.6. The number of nitrogens with one attached hydrogen (secondary N) is 1. The van der Waals surface area contributed by atoms with Gasteiger partial charge in [-0.05, 0) is 36.4 Å². The summed E-state index contributed by atoms with van der Waals surface area (Å²) in [6.45, 7) is -0.487. The number of para-hydroxylation sites is 1. The van der Waals surface area contributed by atoms with Gasteiger partial charge in [-0.1, -0.05) is 41.4 Å². The number of likely N-dealkylation sites (N-methyl/N-ethyl adjacent to an activating group) is 1. The average molecular weight is 471 g/mol. The Balaban J connectivity index is 1.70. The Kier molecular flexibility index (Phi) is 6.62. The van der Waals surface area contributed by atoms with Gasteiger partial charge in [-0.25, -0.2) is 0 Å². The molecule has 0 saturated heterocycles. The molecule has 5 nitrogen and oxygen atoms in total. The maximum atomic E-state index is 13.1. The number of halogens is 5. The molecule has 0 fully saturated rings. The van der Waals surface area contributed by atoms with E-state index in [1.807, 2.05) is 0 Å². The van der Waals surface area contributed by atoms with Gasteiger partial charge in [0.1, 0.15) is 5.76 Å². The Morgan fingerprint density at radius 2 is 1.74 bits per heavy atom. The lowest BCUT2D eigenvalue weighted by Gasteiger charge is -2.17. The van der Waals surface area contributed by atoms with Crippen LogP contribution in [0.5, 0.6) is 0 Å². The molecule has 0 aliphatic rings. The lowest BCUT2D eigenvalue weighted by molar-refractivity contribution is -0.137. The van der Waals surface area contributed by atoms with Crippen molar-refractivity contribution in [2.45, 2.75) is 6.18 Å². The van der Waals surface area contributed by atoms with Gasteiger partial charge in [0.15, 0.2) is 5.76 Å². The smallest absolute Gasteiger partial charge is 0.418 e. The van der Waals surface area contributed by atoms with Crippen molar-refractivity contribution < 1.29 is 27.2 Å². The van der Waals surface area contributed by atoms with Crippen LogP contribution < -0.4 is 5.32 Å². The zero-order chi connectivity index (χ0) is 22.8. The minimum Gasteiger partial charge on any atom is -0.451 e. The molecule has 0 spiro atoms. The monoisotopic (exact) mass is 470 g/mol. The van der Waals surface area contributed by atoms with E-state index in [2.05, 4.69) is 5.32 Å². The molecule has 31 heavy (non-hydrogen) atoms. The fourth-order valence-corrected chi connectivity index (χ4v) is 3.19. The zero-order valence-corrected chi connectivity index (χ0v) is 17.5. The molecular formula is C21H15Cl2F3N2O3. The SMILES string of the molecule is CN(CC(=O)Nc1ccccc1C(F)(F)F)C(=O)c1ccc(-c2cccc(Cl)c2Cl)o1. The molecular weight excluding hydrogens is 456 g/mol. The number of hydrogen-bond acceptors (Lipinski definition) is 3. The van der Waals surface area contributed by atoms with E-state index in [1.165, 1.54) is 31.3 Å². The maximum absolute atomic E-state index is 13.1. The van der Waals surface area contributed by atoms with Crippen molar-refractivity contribution >= 4 is 40.7 Å². The van der Waals surface area contributed by atoms with E-state index < -0.39 is 35.8 Å². The summed E-state index contributed by atoms with van der Waals surface area (Å²) >= 11 is 12.1. The number of anilines is 1. The second-order valence-corrected chi connectivity index (χ2v) is 7.30. The molecule has 0 aliphatic heterocycles. The van der Waals surface area contributed by atoms with Crippen LogP contribution in [-0.4, -0.2) is 30.3 Å². The van der Waals surface area contributed by atoms with Crippen LogP contribution >= 0.6 is 23.2 Å². The van der Waals surface area contributed by atoms with Crippen LogP contribution in [0.25, 0.3) is 11.3 Å². The van der Waals surface area contributed by atoms with Crippen LogP contribution in [0.15, 0.2) is 59.0 Å². The van der Waals surface area contributed by atoms with E-state index in [-0.39, 0.29) is 10.8 Å². The second kappa shape index (κ2) is 9.03. The molecule has 0 bridgehead atoms. The summed E-state index contributed by atoms with van der Waals surface area (Å²) in [6, 6.07) is 12.4. The Hall–Kier alpha value is -2.97. The van der Waals surface area contributed by atoms with E-state index in [4.69, 9.17) is 27.6 Å². The van der Waals surface area contributed by atoms with Crippen LogP contribution in [-0.2, 0) is 11.0 Å². The largest absolute Gasteiger partial charge is 0.451 e. The van der Waals surface area contributed by atoms with Crippen molar-refractivity contribution in [3.63, 3.8) is 0 Å². The normalized spacial score (nSPS) is 11.3. The van der Waals surface area contributed by atoms with Gasteiger partial charge in [0.05, 0.1) is 27.8 Å². The molecule has 162 valence electrons. The Morgan fingerprint density at radius 1 is 1.03 bits per heavy atom. The van der Waals surface area contributed by atoms with Crippen molar-refractivity contribution in [1.29, 1.82) is 0 Å². The van der Waals surface area contributed by atoms with Crippen molar-refractivity contribution in [2.75, 3.05) is 18.9 Å². The molecule has 3 aromatic rings. The van der Waals surface area contributed by atoms with Gasteiger partial charge >= 0.3 is 6.18 Å². The fraction of sp³-hybridized carbons (Fsp3) is 0.143. The highest BCUT2D eigenvalue weighted by Gasteiger charge is 2.33. The van der Waals surface area contributed by atoms with Crippen LogP contribution in [0.2, 0.25) is 10.0 Å². The molecule has 0 saturated carbocycles. The van der Waals surface area contributed by atoms with Gasteiger partial charge in [-0.3, -0.25) is 9.59 Å². The number of alkyl halides is 3. The number of nitrogens with zero attached hydrogens (tertiary/aromatic N) is 1. The molecule has 0 radical (unpaired) electrons. The maximum Gasteiger partial charge on any atom is 0.418 e. The summed E-state index contributed by atoms with van der Waals surface area (Å²) in [5.41, 5.74) is -0.888. The quantitative estimate of drug-likeness (QED) is 0.498. The predicted octanol–water partition coefficient (Wildman–Crippen LogP) is 5.98. The first-order valence-corrected chi connectivity index (χ1v) is 9.59. The van der Waals surface area contributed by atoms with Crippen LogP contribution in [0.3, 0.4) is 0 Å². The second-order valence-electron chi connectivity index (χ2n) is 6.52. The number of benzene rings is 2. The fourth-order valence-electron chi connectivity index (χ4n) is 2.80. The Bertz CT molecular complexity index is 1130. The summed E-state index contributed by atoms with van der Waals surface area (Å²) in [5.74, 6) is -1.20. The van der Waals surface area contributed by atoms with Gasteiger partial charge in [0.2, 0.25) is 5.91 Å². The molecule has 1 N–H and O–H groups in total. The number of hydrogen-bond donors (Lipinski definition) is 1. The number of carbonyl (C=O) groups is 2. The summed E-state index contributed by atoms with van der Waals surface area (Å²) in [7, 11) is 1.33. The topological polar surface area (TPSA) is 62.6 Å². The van der Waals surface area contributed by atoms with E-state index in [1.54, 1.807) is 18.2 Å². The highest BCUT2D eigenvalue weighted by Crippen LogP contribution is 2.35. The number of rotatable bonds is 5. The highest BCUT2D eigenvalue weighted by molar-refractivity contribution is 6.43. The third kappa shape index (κ3) is 5.21. The van der Waals surface area contributed by atoms with Gasteiger partial charge in [0, 0.05) is 12.6 Å². The third-order valence-corrected chi connectivity index (χ3v) is 5.09. The average Bonchev–Trinajstić information content (AvgIpc) is 3.18. The minimum atomic E-state index is -4.63. The number of carbonyl (C=O) groups excluding carboxylic acids is 2. The van der Waals surface area contributed by atoms with Gasteiger partial charge in [0.25, 0.3) is 5.91 Å². The molecule has 0 aliphatic carbocycles.